The third-order valence-corrected chi connectivity index (χ3v) is 5.35. The second kappa shape index (κ2) is 7.31. The average Bonchev–Trinajstić information content (AvgIpc) is 3.48. The molecule has 2 aromatic heterocycles. The molecule has 0 radical (unpaired) electrons. The number of hydrogen-bond acceptors (Lipinski definition) is 6. The average molecular weight is 377 g/mol. The lowest BCUT2D eigenvalue weighted by molar-refractivity contribution is 0.403. The number of halogens is 2. The Morgan fingerprint density at radius 2 is 1.81 bits per heavy atom. The summed E-state index contributed by atoms with van der Waals surface area (Å²) < 4.78 is 14.7. The van der Waals surface area contributed by atoms with Crippen LogP contribution in [0.5, 0.6) is 0 Å². The number of hydrogen-bond donors (Lipinski definition) is 0. The van der Waals surface area contributed by atoms with Crippen LogP contribution in [-0.4, -0.2) is 46.6 Å². The number of anilines is 2. The van der Waals surface area contributed by atoms with Crippen LogP contribution in [0, 0.1) is 11.7 Å². The van der Waals surface area contributed by atoms with Gasteiger partial charge in [-0.3, -0.25) is 0 Å². The zero-order valence-corrected chi connectivity index (χ0v) is 15.5. The molecule has 0 unspecified atom stereocenters. The van der Waals surface area contributed by atoms with Crippen molar-refractivity contribution < 1.29 is 4.39 Å². The standard InChI is InChI=1S/C18H22ClFN6/c1-25(17-15(20)16(13-2-3-13)23-11-24-17)10-12-4-6-26(7-5-12)18-21-8-14(19)9-22-18/h8-9,11-13H,2-7,10H2,1H3. The molecule has 1 aliphatic heterocycles. The van der Waals surface area contributed by atoms with E-state index in [-0.39, 0.29) is 11.7 Å². The summed E-state index contributed by atoms with van der Waals surface area (Å²) in [4.78, 5) is 21.0. The first kappa shape index (κ1) is 17.4. The minimum absolute atomic E-state index is 0.246. The molecule has 3 heterocycles. The fraction of sp³-hybridized carbons (Fsp3) is 0.556. The van der Waals surface area contributed by atoms with Gasteiger partial charge < -0.3 is 9.80 Å². The largest absolute Gasteiger partial charge is 0.357 e. The van der Waals surface area contributed by atoms with Gasteiger partial charge in [-0.1, -0.05) is 11.6 Å². The van der Waals surface area contributed by atoms with Crippen molar-refractivity contribution in [3.63, 3.8) is 0 Å². The van der Waals surface area contributed by atoms with Gasteiger partial charge in [0, 0.05) is 32.6 Å². The maximum absolute atomic E-state index is 14.7. The summed E-state index contributed by atoms with van der Waals surface area (Å²) in [5.74, 6) is 1.67. The van der Waals surface area contributed by atoms with Crippen molar-refractivity contribution in [3.8, 4) is 0 Å². The van der Waals surface area contributed by atoms with Crippen LogP contribution in [0.1, 0.15) is 37.3 Å². The molecule has 2 aromatic rings. The molecule has 8 heteroatoms. The van der Waals surface area contributed by atoms with Crippen LogP contribution in [-0.2, 0) is 0 Å². The number of rotatable bonds is 5. The number of nitrogens with zero attached hydrogens (tertiary/aromatic N) is 6. The van der Waals surface area contributed by atoms with Gasteiger partial charge in [0.1, 0.15) is 6.33 Å². The molecule has 2 fully saturated rings. The molecule has 0 aromatic carbocycles. The zero-order chi connectivity index (χ0) is 18.1. The summed E-state index contributed by atoms with van der Waals surface area (Å²) in [5, 5.41) is 0.544. The third-order valence-electron chi connectivity index (χ3n) is 5.16. The summed E-state index contributed by atoms with van der Waals surface area (Å²) in [6, 6.07) is 0. The highest BCUT2D eigenvalue weighted by Crippen LogP contribution is 2.41. The minimum Gasteiger partial charge on any atom is -0.357 e. The molecule has 138 valence electrons. The van der Waals surface area contributed by atoms with E-state index in [1.165, 1.54) is 6.33 Å². The second-order valence-electron chi connectivity index (χ2n) is 7.18. The Kier molecular flexibility index (Phi) is 4.89. The third kappa shape index (κ3) is 3.72. The van der Waals surface area contributed by atoms with E-state index in [1.54, 1.807) is 12.4 Å². The van der Waals surface area contributed by atoms with Crippen LogP contribution in [0.15, 0.2) is 18.7 Å². The first-order chi connectivity index (χ1) is 12.6. The van der Waals surface area contributed by atoms with E-state index in [1.807, 2.05) is 11.9 Å². The van der Waals surface area contributed by atoms with Gasteiger partial charge in [-0.2, -0.15) is 0 Å². The van der Waals surface area contributed by atoms with Crippen LogP contribution >= 0.6 is 11.6 Å². The second-order valence-corrected chi connectivity index (χ2v) is 7.62. The van der Waals surface area contributed by atoms with Crippen molar-refractivity contribution >= 4 is 23.4 Å². The predicted octanol–water partition coefficient (Wildman–Crippen LogP) is 3.29. The molecule has 2 aliphatic rings. The van der Waals surface area contributed by atoms with E-state index in [4.69, 9.17) is 11.6 Å². The Balaban J connectivity index is 1.35. The van der Waals surface area contributed by atoms with E-state index in [0.29, 0.717) is 22.5 Å². The first-order valence-electron chi connectivity index (χ1n) is 9.06. The van der Waals surface area contributed by atoms with Crippen molar-refractivity contribution in [1.29, 1.82) is 0 Å². The molecule has 0 spiro atoms. The van der Waals surface area contributed by atoms with E-state index < -0.39 is 0 Å². The maximum atomic E-state index is 14.7. The van der Waals surface area contributed by atoms with Crippen molar-refractivity contribution in [2.24, 2.45) is 5.92 Å². The van der Waals surface area contributed by atoms with Gasteiger partial charge in [0.2, 0.25) is 5.95 Å². The smallest absolute Gasteiger partial charge is 0.225 e. The minimum atomic E-state index is -0.246. The SMILES string of the molecule is CN(CC1CCN(c2ncc(Cl)cn2)CC1)c1ncnc(C2CC2)c1F. The van der Waals surface area contributed by atoms with Crippen LogP contribution in [0.3, 0.4) is 0 Å². The summed E-state index contributed by atoms with van der Waals surface area (Å²) in [7, 11) is 1.91. The molecular weight excluding hydrogens is 355 g/mol. The molecule has 0 N–H and O–H groups in total. The van der Waals surface area contributed by atoms with Crippen molar-refractivity contribution in [2.75, 3.05) is 36.5 Å². The highest BCUT2D eigenvalue weighted by molar-refractivity contribution is 6.30. The summed E-state index contributed by atoms with van der Waals surface area (Å²) in [6.07, 6.45) is 8.82. The Morgan fingerprint density at radius 3 is 2.46 bits per heavy atom. The highest BCUT2D eigenvalue weighted by atomic mass is 35.5. The Hall–Kier alpha value is -2.02. The van der Waals surface area contributed by atoms with E-state index in [9.17, 15) is 4.39 Å². The van der Waals surface area contributed by atoms with Crippen LogP contribution < -0.4 is 9.80 Å². The molecule has 0 bridgehead atoms. The van der Waals surface area contributed by atoms with Gasteiger partial charge in [0.25, 0.3) is 0 Å². The van der Waals surface area contributed by atoms with Gasteiger partial charge >= 0.3 is 0 Å². The lowest BCUT2D eigenvalue weighted by atomic mass is 9.96. The van der Waals surface area contributed by atoms with Crippen LogP contribution in [0.2, 0.25) is 5.02 Å². The van der Waals surface area contributed by atoms with Gasteiger partial charge in [0.15, 0.2) is 11.6 Å². The quantitative estimate of drug-likeness (QED) is 0.798. The van der Waals surface area contributed by atoms with Gasteiger partial charge in [-0.15, -0.1) is 0 Å². The molecule has 1 saturated heterocycles. The number of aromatic nitrogens is 4. The molecular formula is C18H22ClFN6. The highest BCUT2D eigenvalue weighted by Gasteiger charge is 2.31. The van der Waals surface area contributed by atoms with Crippen LogP contribution in [0.25, 0.3) is 0 Å². The topological polar surface area (TPSA) is 58.0 Å². The molecule has 1 aliphatic carbocycles. The molecule has 6 nitrogen and oxygen atoms in total. The van der Waals surface area contributed by atoms with E-state index >= 15 is 0 Å². The monoisotopic (exact) mass is 376 g/mol. The van der Waals surface area contributed by atoms with E-state index in [0.717, 1.165) is 51.3 Å². The number of piperidine rings is 1. The van der Waals surface area contributed by atoms with E-state index in [2.05, 4.69) is 24.8 Å². The molecule has 1 saturated carbocycles. The molecule has 0 amide bonds. The van der Waals surface area contributed by atoms with Gasteiger partial charge in [-0.05, 0) is 31.6 Å². The molecule has 0 atom stereocenters. The molecule has 4 rings (SSSR count). The summed E-state index contributed by atoms with van der Waals surface area (Å²) in [6.45, 7) is 2.56. The fourth-order valence-corrected chi connectivity index (χ4v) is 3.64. The fourth-order valence-electron chi connectivity index (χ4n) is 3.54. The summed E-state index contributed by atoms with van der Waals surface area (Å²) in [5.41, 5.74) is 0.580. The predicted molar refractivity (Wildman–Crippen MR) is 99.2 cm³/mol. The lowest BCUT2D eigenvalue weighted by Crippen LogP contribution is -2.39. The van der Waals surface area contributed by atoms with Crippen molar-refractivity contribution in [2.45, 2.75) is 31.6 Å². The first-order valence-corrected chi connectivity index (χ1v) is 9.43. The zero-order valence-electron chi connectivity index (χ0n) is 14.8. The summed E-state index contributed by atoms with van der Waals surface area (Å²) >= 11 is 5.85. The maximum Gasteiger partial charge on any atom is 0.225 e. The van der Waals surface area contributed by atoms with Crippen molar-refractivity contribution in [3.05, 3.63) is 35.3 Å². The lowest BCUT2D eigenvalue weighted by Gasteiger charge is -2.34. The van der Waals surface area contributed by atoms with Crippen LogP contribution in [0.4, 0.5) is 16.2 Å². The van der Waals surface area contributed by atoms with Crippen molar-refractivity contribution in [1.82, 2.24) is 19.9 Å². The van der Waals surface area contributed by atoms with Gasteiger partial charge in [-0.25, -0.2) is 24.3 Å². The Morgan fingerprint density at radius 1 is 1.12 bits per heavy atom. The Labute approximate surface area is 157 Å². The normalized spacial score (nSPS) is 18.2. The Bertz CT molecular complexity index is 759. The van der Waals surface area contributed by atoms with Gasteiger partial charge in [0.05, 0.1) is 23.1 Å². The molecule has 26 heavy (non-hydrogen) atoms.